The summed E-state index contributed by atoms with van der Waals surface area (Å²) in [5.41, 5.74) is -0.545. The molecule has 1 aromatic carbocycles. The number of rotatable bonds is 3. The second kappa shape index (κ2) is 3.69. The molecular formula is C9H9O3P. The number of hydrogen-bond donors (Lipinski definition) is 1. The van der Waals surface area contributed by atoms with Crippen LogP contribution >= 0.6 is 7.37 Å². The maximum Gasteiger partial charge on any atom is 0.290 e. The van der Waals surface area contributed by atoms with Crippen molar-refractivity contribution in [3.05, 3.63) is 48.3 Å². The van der Waals surface area contributed by atoms with Crippen LogP contribution in [-0.2, 0) is 4.57 Å². The molecule has 0 aliphatic carbocycles. The molecule has 1 aromatic rings. The Kier molecular flexibility index (Phi) is 2.81. The van der Waals surface area contributed by atoms with Crippen molar-refractivity contribution >= 4 is 12.9 Å². The summed E-state index contributed by atoms with van der Waals surface area (Å²) in [6.07, 6.45) is 0. The molecular weight excluding hydrogens is 187 g/mol. The normalized spacial score (nSPS) is 14.5. The Hall–Kier alpha value is -1.18. The summed E-state index contributed by atoms with van der Waals surface area (Å²) in [6.45, 7) is 3.14. The van der Waals surface area contributed by atoms with Crippen LogP contribution in [0.15, 0.2) is 42.7 Å². The quantitative estimate of drug-likeness (QED) is 0.754. The van der Waals surface area contributed by atoms with Crippen LogP contribution in [0.25, 0.3) is 0 Å². The molecule has 1 N–H and O–H groups in total. The van der Waals surface area contributed by atoms with Crippen LogP contribution in [0.4, 0.5) is 0 Å². The van der Waals surface area contributed by atoms with Crippen molar-refractivity contribution < 1.29 is 14.3 Å². The molecule has 0 aliphatic heterocycles. The number of carbonyl (C=O) groups excluding carboxylic acids is 1. The second-order valence-electron chi connectivity index (χ2n) is 2.48. The monoisotopic (exact) mass is 196 g/mol. The lowest BCUT2D eigenvalue weighted by molar-refractivity contribution is 0.106. The van der Waals surface area contributed by atoms with Crippen molar-refractivity contribution in [1.82, 2.24) is 0 Å². The van der Waals surface area contributed by atoms with E-state index in [4.69, 9.17) is 4.89 Å². The van der Waals surface area contributed by atoms with Gasteiger partial charge in [-0.05, 0) is 0 Å². The van der Waals surface area contributed by atoms with Crippen LogP contribution < -0.4 is 0 Å². The molecule has 13 heavy (non-hydrogen) atoms. The number of hydrogen-bond acceptors (Lipinski definition) is 2. The van der Waals surface area contributed by atoms with Crippen molar-refractivity contribution in [2.45, 2.75) is 0 Å². The fourth-order valence-electron chi connectivity index (χ4n) is 0.849. The van der Waals surface area contributed by atoms with E-state index in [9.17, 15) is 9.36 Å². The molecule has 0 amide bonds. The van der Waals surface area contributed by atoms with E-state index >= 15 is 0 Å². The minimum atomic E-state index is -3.86. The third-order valence-electron chi connectivity index (χ3n) is 1.56. The van der Waals surface area contributed by atoms with Gasteiger partial charge in [-0.2, -0.15) is 0 Å². The lowest BCUT2D eigenvalue weighted by Crippen LogP contribution is -1.97. The summed E-state index contributed by atoms with van der Waals surface area (Å²) in [7, 11) is -3.86. The predicted octanol–water partition coefficient (Wildman–Crippen LogP) is 2.24. The highest BCUT2D eigenvalue weighted by atomic mass is 31.2. The maximum atomic E-state index is 11.3. The van der Waals surface area contributed by atoms with Crippen molar-refractivity contribution in [3.8, 4) is 0 Å². The highest BCUT2D eigenvalue weighted by molar-refractivity contribution is 7.78. The summed E-state index contributed by atoms with van der Waals surface area (Å²) < 4.78 is 11.2. The van der Waals surface area contributed by atoms with E-state index in [2.05, 4.69) is 6.58 Å². The van der Waals surface area contributed by atoms with Gasteiger partial charge < -0.3 is 4.89 Å². The summed E-state index contributed by atoms with van der Waals surface area (Å²) >= 11 is 0. The van der Waals surface area contributed by atoms with Gasteiger partial charge in [0.15, 0.2) is 0 Å². The highest BCUT2D eigenvalue weighted by Gasteiger charge is 2.25. The smallest absolute Gasteiger partial charge is 0.290 e. The minimum absolute atomic E-state index is 0.230. The third-order valence-corrected chi connectivity index (χ3v) is 2.89. The molecule has 0 spiro atoms. The zero-order valence-corrected chi connectivity index (χ0v) is 7.78. The van der Waals surface area contributed by atoms with Crippen LogP contribution in [0.2, 0.25) is 0 Å². The van der Waals surface area contributed by atoms with Gasteiger partial charge in [0.05, 0.1) is 0 Å². The topological polar surface area (TPSA) is 54.4 Å². The predicted molar refractivity (Wildman–Crippen MR) is 50.8 cm³/mol. The largest absolute Gasteiger partial charge is 0.336 e. The van der Waals surface area contributed by atoms with E-state index in [-0.39, 0.29) is 5.56 Å². The first-order valence-electron chi connectivity index (χ1n) is 3.64. The van der Waals surface area contributed by atoms with Gasteiger partial charge in [0, 0.05) is 11.4 Å². The highest BCUT2D eigenvalue weighted by Crippen LogP contribution is 2.44. The van der Waals surface area contributed by atoms with Crippen LogP contribution in [0.5, 0.6) is 0 Å². The van der Waals surface area contributed by atoms with Gasteiger partial charge in [0.1, 0.15) is 0 Å². The lowest BCUT2D eigenvalue weighted by atomic mass is 10.2. The standard InChI is InChI=1S/C9H9O3P/c1-2-13(11,12)9(10)8-6-4-3-5-7-8/h2-7H,1H2,(H,11,12). The first-order valence-corrected chi connectivity index (χ1v) is 5.37. The lowest BCUT2D eigenvalue weighted by Gasteiger charge is -2.03. The summed E-state index contributed by atoms with van der Waals surface area (Å²) in [4.78, 5) is 20.4. The molecule has 1 rings (SSSR count). The Balaban J connectivity index is 3.06. The van der Waals surface area contributed by atoms with E-state index in [1.807, 2.05) is 0 Å². The zero-order valence-electron chi connectivity index (χ0n) is 6.88. The Morgan fingerprint density at radius 1 is 1.38 bits per heavy atom. The molecule has 1 unspecified atom stereocenters. The van der Waals surface area contributed by atoms with E-state index in [0.717, 1.165) is 5.82 Å². The second-order valence-corrected chi connectivity index (χ2v) is 4.49. The van der Waals surface area contributed by atoms with Crippen LogP contribution in [0, 0.1) is 0 Å². The SMILES string of the molecule is C=CP(=O)(O)C(=O)c1ccccc1. The Labute approximate surface area is 76.2 Å². The minimum Gasteiger partial charge on any atom is -0.336 e. The van der Waals surface area contributed by atoms with E-state index in [0.29, 0.717) is 0 Å². The van der Waals surface area contributed by atoms with Crippen molar-refractivity contribution in [1.29, 1.82) is 0 Å². The molecule has 0 bridgehead atoms. The summed E-state index contributed by atoms with van der Waals surface area (Å²) in [6, 6.07) is 7.99. The molecule has 0 heterocycles. The molecule has 68 valence electrons. The van der Waals surface area contributed by atoms with Gasteiger partial charge in [-0.1, -0.05) is 36.9 Å². The van der Waals surface area contributed by atoms with Gasteiger partial charge in [-0.25, -0.2) is 0 Å². The Bertz CT molecular complexity index is 370. The molecule has 0 aliphatic rings. The van der Waals surface area contributed by atoms with Gasteiger partial charge in [0.2, 0.25) is 0 Å². The van der Waals surface area contributed by atoms with Crippen molar-refractivity contribution in [2.75, 3.05) is 0 Å². The fraction of sp³-hybridized carbons (Fsp3) is 0. The first-order chi connectivity index (χ1) is 6.08. The average molecular weight is 196 g/mol. The van der Waals surface area contributed by atoms with Gasteiger partial charge in [-0.3, -0.25) is 9.36 Å². The molecule has 0 saturated carbocycles. The molecule has 0 fully saturated rings. The molecule has 1 atom stereocenters. The molecule has 0 aromatic heterocycles. The fourth-order valence-corrected chi connectivity index (χ4v) is 1.53. The van der Waals surface area contributed by atoms with Gasteiger partial charge in [-0.15, -0.1) is 0 Å². The summed E-state index contributed by atoms with van der Waals surface area (Å²) in [5.74, 6) is 0.794. The Morgan fingerprint density at radius 2 is 1.92 bits per heavy atom. The van der Waals surface area contributed by atoms with E-state index in [1.165, 1.54) is 12.1 Å². The maximum absolute atomic E-state index is 11.3. The molecule has 3 nitrogen and oxygen atoms in total. The van der Waals surface area contributed by atoms with E-state index in [1.54, 1.807) is 18.2 Å². The number of benzene rings is 1. The summed E-state index contributed by atoms with van der Waals surface area (Å²) in [5, 5.41) is 0. The molecule has 0 saturated heterocycles. The first kappa shape index (κ1) is 9.90. The van der Waals surface area contributed by atoms with Crippen LogP contribution in [0.3, 0.4) is 0 Å². The van der Waals surface area contributed by atoms with Gasteiger partial charge >= 0.3 is 0 Å². The van der Waals surface area contributed by atoms with Crippen molar-refractivity contribution in [3.63, 3.8) is 0 Å². The Morgan fingerprint density at radius 3 is 2.38 bits per heavy atom. The average Bonchev–Trinajstić information content (AvgIpc) is 2.18. The van der Waals surface area contributed by atoms with Crippen LogP contribution in [0.1, 0.15) is 10.4 Å². The van der Waals surface area contributed by atoms with Gasteiger partial charge in [0.25, 0.3) is 12.9 Å². The zero-order chi connectivity index (χ0) is 9.90. The van der Waals surface area contributed by atoms with E-state index < -0.39 is 12.9 Å². The molecule has 4 heteroatoms. The number of carbonyl (C=O) groups is 1. The molecule has 0 radical (unpaired) electrons. The third kappa shape index (κ3) is 2.14. The van der Waals surface area contributed by atoms with Crippen LogP contribution in [-0.4, -0.2) is 10.4 Å². The van der Waals surface area contributed by atoms with Crippen molar-refractivity contribution in [2.24, 2.45) is 0 Å².